The van der Waals surface area contributed by atoms with Crippen LogP contribution in [-0.2, 0) is 17.8 Å². The van der Waals surface area contributed by atoms with E-state index in [9.17, 15) is 9.59 Å². The number of para-hydroxylation sites is 1. The molecular formula is C20H20ClN3O2. The maximum Gasteiger partial charge on any atom is 0.323 e. The number of hydrogen-bond acceptors (Lipinski definition) is 2. The first-order chi connectivity index (χ1) is 12.6. The number of amides is 3. The lowest BCUT2D eigenvalue weighted by Crippen LogP contribution is -2.36. The summed E-state index contributed by atoms with van der Waals surface area (Å²) in [6, 6.07) is 12.6. The van der Waals surface area contributed by atoms with Gasteiger partial charge in [-0.3, -0.25) is 4.79 Å². The SMILES string of the molecule is O=C(Nc1ccc2c(c1)CN(C(=O)C1CC1)CC2)Nc1ccccc1Cl. The molecule has 2 aromatic rings. The van der Waals surface area contributed by atoms with Crippen LogP contribution in [0.3, 0.4) is 0 Å². The Morgan fingerprint density at radius 2 is 1.85 bits per heavy atom. The largest absolute Gasteiger partial charge is 0.338 e. The number of hydrogen-bond donors (Lipinski definition) is 2. The van der Waals surface area contributed by atoms with E-state index in [-0.39, 0.29) is 17.9 Å². The van der Waals surface area contributed by atoms with Crippen LogP contribution in [0, 0.1) is 5.92 Å². The minimum absolute atomic E-state index is 0.235. The van der Waals surface area contributed by atoms with Gasteiger partial charge in [0.15, 0.2) is 0 Å². The Bertz CT molecular complexity index is 864. The zero-order valence-corrected chi connectivity index (χ0v) is 15.1. The molecule has 26 heavy (non-hydrogen) atoms. The molecule has 4 rings (SSSR count). The van der Waals surface area contributed by atoms with Crippen LogP contribution in [0.15, 0.2) is 42.5 Å². The molecule has 0 radical (unpaired) electrons. The highest BCUT2D eigenvalue weighted by atomic mass is 35.5. The van der Waals surface area contributed by atoms with Gasteiger partial charge in [-0.15, -0.1) is 0 Å². The third kappa shape index (κ3) is 3.68. The van der Waals surface area contributed by atoms with Crippen molar-refractivity contribution in [2.45, 2.75) is 25.8 Å². The lowest BCUT2D eigenvalue weighted by atomic mass is 9.98. The normalized spacial score (nSPS) is 16.0. The smallest absolute Gasteiger partial charge is 0.323 e. The number of anilines is 2. The van der Waals surface area contributed by atoms with Crippen LogP contribution in [0.1, 0.15) is 24.0 Å². The predicted molar refractivity (Wildman–Crippen MR) is 102 cm³/mol. The molecule has 0 unspecified atom stereocenters. The highest BCUT2D eigenvalue weighted by molar-refractivity contribution is 6.33. The Kier molecular flexibility index (Phi) is 4.55. The second-order valence-electron chi connectivity index (χ2n) is 6.83. The van der Waals surface area contributed by atoms with Crippen molar-refractivity contribution in [3.63, 3.8) is 0 Å². The molecule has 0 atom stereocenters. The van der Waals surface area contributed by atoms with Crippen LogP contribution >= 0.6 is 11.6 Å². The molecule has 1 saturated carbocycles. The quantitative estimate of drug-likeness (QED) is 0.848. The zero-order chi connectivity index (χ0) is 18.1. The van der Waals surface area contributed by atoms with Crippen LogP contribution < -0.4 is 10.6 Å². The number of carbonyl (C=O) groups is 2. The fraction of sp³-hybridized carbons (Fsp3) is 0.300. The Hall–Kier alpha value is -2.53. The summed E-state index contributed by atoms with van der Waals surface area (Å²) in [7, 11) is 0. The maximum atomic E-state index is 12.3. The lowest BCUT2D eigenvalue weighted by molar-refractivity contribution is -0.133. The van der Waals surface area contributed by atoms with Crippen molar-refractivity contribution >= 4 is 34.9 Å². The summed E-state index contributed by atoms with van der Waals surface area (Å²) in [5, 5.41) is 6.07. The Balaban J connectivity index is 1.43. The summed E-state index contributed by atoms with van der Waals surface area (Å²) in [5.41, 5.74) is 3.60. The third-order valence-electron chi connectivity index (χ3n) is 4.84. The van der Waals surface area contributed by atoms with Crippen LogP contribution in [0.5, 0.6) is 0 Å². The van der Waals surface area contributed by atoms with Crippen molar-refractivity contribution in [3.8, 4) is 0 Å². The first-order valence-corrected chi connectivity index (χ1v) is 9.21. The van der Waals surface area contributed by atoms with E-state index < -0.39 is 0 Å². The topological polar surface area (TPSA) is 61.4 Å². The molecule has 2 aromatic carbocycles. The molecule has 2 N–H and O–H groups in total. The lowest BCUT2D eigenvalue weighted by Gasteiger charge is -2.29. The molecule has 0 saturated heterocycles. The van der Waals surface area contributed by atoms with Gasteiger partial charge in [-0.2, -0.15) is 0 Å². The summed E-state index contributed by atoms with van der Waals surface area (Å²) in [6.07, 6.45) is 2.90. The van der Waals surface area contributed by atoms with Gasteiger partial charge in [0.2, 0.25) is 5.91 Å². The fourth-order valence-corrected chi connectivity index (χ4v) is 3.44. The fourth-order valence-electron chi connectivity index (χ4n) is 3.26. The van der Waals surface area contributed by atoms with E-state index in [1.54, 1.807) is 12.1 Å². The molecule has 5 nitrogen and oxygen atoms in total. The first-order valence-electron chi connectivity index (χ1n) is 8.83. The van der Waals surface area contributed by atoms with Crippen LogP contribution in [-0.4, -0.2) is 23.4 Å². The van der Waals surface area contributed by atoms with E-state index in [0.717, 1.165) is 31.4 Å². The van der Waals surface area contributed by atoms with E-state index in [4.69, 9.17) is 11.6 Å². The average Bonchev–Trinajstić information content (AvgIpc) is 3.47. The standard InChI is InChI=1S/C20H20ClN3O2/c21-17-3-1-2-4-18(17)23-20(26)22-16-8-7-13-9-10-24(12-15(13)11-16)19(25)14-5-6-14/h1-4,7-8,11,14H,5-6,9-10,12H2,(H2,22,23,26). The number of halogens is 1. The van der Waals surface area contributed by atoms with Crippen molar-refractivity contribution < 1.29 is 9.59 Å². The van der Waals surface area contributed by atoms with Gasteiger partial charge in [-0.1, -0.05) is 29.8 Å². The first kappa shape index (κ1) is 16.9. The van der Waals surface area contributed by atoms with Crippen molar-refractivity contribution in [2.24, 2.45) is 5.92 Å². The number of carbonyl (C=O) groups excluding carboxylic acids is 2. The Morgan fingerprint density at radius 1 is 1.04 bits per heavy atom. The van der Waals surface area contributed by atoms with E-state index >= 15 is 0 Å². The van der Waals surface area contributed by atoms with Gasteiger partial charge in [-0.05, 0) is 54.7 Å². The van der Waals surface area contributed by atoms with Crippen LogP contribution in [0.25, 0.3) is 0 Å². The Morgan fingerprint density at radius 3 is 2.62 bits per heavy atom. The van der Waals surface area contributed by atoms with Crippen molar-refractivity contribution in [2.75, 3.05) is 17.2 Å². The predicted octanol–water partition coefficient (Wildman–Crippen LogP) is 4.28. The van der Waals surface area contributed by atoms with Gasteiger partial charge in [0.1, 0.15) is 0 Å². The second-order valence-corrected chi connectivity index (χ2v) is 7.23. The van der Waals surface area contributed by atoms with Gasteiger partial charge in [-0.25, -0.2) is 4.79 Å². The summed E-state index contributed by atoms with van der Waals surface area (Å²) in [6.45, 7) is 1.40. The molecule has 0 aromatic heterocycles. The molecule has 1 aliphatic heterocycles. The number of nitrogens with one attached hydrogen (secondary N) is 2. The molecule has 134 valence electrons. The average molecular weight is 370 g/mol. The molecule has 1 fully saturated rings. The highest BCUT2D eigenvalue weighted by Crippen LogP contribution is 2.33. The molecular weight excluding hydrogens is 350 g/mol. The summed E-state index contributed by atoms with van der Waals surface area (Å²) < 4.78 is 0. The number of fused-ring (bicyclic) bond motifs is 1. The molecule has 1 heterocycles. The van der Waals surface area contributed by atoms with Gasteiger partial charge >= 0.3 is 6.03 Å². The second kappa shape index (κ2) is 7.00. The maximum absolute atomic E-state index is 12.3. The van der Waals surface area contributed by atoms with Gasteiger partial charge in [0.25, 0.3) is 0 Å². The highest BCUT2D eigenvalue weighted by Gasteiger charge is 2.34. The zero-order valence-electron chi connectivity index (χ0n) is 14.3. The number of urea groups is 1. The third-order valence-corrected chi connectivity index (χ3v) is 5.17. The van der Waals surface area contributed by atoms with E-state index in [0.29, 0.717) is 22.9 Å². The monoisotopic (exact) mass is 369 g/mol. The van der Waals surface area contributed by atoms with Gasteiger partial charge in [0.05, 0.1) is 10.7 Å². The van der Waals surface area contributed by atoms with Crippen molar-refractivity contribution in [3.05, 3.63) is 58.6 Å². The summed E-state index contributed by atoms with van der Waals surface area (Å²) in [5.74, 6) is 0.504. The van der Waals surface area contributed by atoms with Gasteiger partial charge < -0.3 is 15.5 Å². The minimum Gasteiger partial charge on any atom is -0.338 e. The summed E-state index contributed by atoms with van der Waals surface area (Å²) in [4.78, 5) is 26.5. The minimum atomic E-state index is -0.347. The molecule has 0 bridgehead atoms. The van der Waals surface area contributed by atoms with Gasteiger partial charge in [0, 0.05) is 24.7 Å². The molecule has 3 amide bonds. The molecule has 0 spiro atoms. The molecule has 2 aliphatic rings. The van der Waals surface area contributed by atoms with E-state index in [1.807, 2.05) is 35.2 Å². The number of rotatable bonds is 3. The van der Waals surface area contributed by atoms with E-state index in [2.05, 4.69) is 10.6 Å². The number of nitrogens with zero attached hydrogens (tertiary/aromatic N) is 1. The molecule has 1 aliphatic carbocycles. The Labute approximate surface area is 157 Å². The van der Waals surface area contributed by atoms with Crippen LogP contribution in [0.2, 0.25) is 5.02 Å². The van der Waals surface area contributed by atoms with Crippen LogP contribution in [0.4, 0.5) is 16.2 Å². The molecule has 6 heteroatoms. The van der Waals surface area contributed by atoms with Crippen molar-refractivity contribution in [1.82, 2.24) is 4.90 Å². The number of benzene rings is 2. The van der Waals surface area contributed by atoms with Crippen molar-refractivity contribution in [1.29, 1.82) is 0 Å². The van der Waals surface area contributed by atoms with E-state index in [1.165, 1.54) is 5.56 Å². The summed E-state index contributed by atoms with van der Waals surface area (Å²) >= 11 is 6.06.